The SMILES string of the molecule is Nc1c(N=Nc2ccccc2F)cc(S(=O)(=O)O)c2ccccc12.[Na]. The molecule has 0 heterocycles. The van der Waals surface area contributed by atoms with Crippen molar-refractivity contribution in [2.45, 2.75) is 4.90 Å². The molecule has 0 spiro atoms. The van der Waals surface area contributed by atoms with Crippen LogP contribution < -0.4 is 5.73 Å². The molecule has 6 nitrogen and oxygen atoms in total. The van der Waals surface area contributed by atoms with Crippen molar-refractivity contribution < 1.29 is 17.4 Å². The third-order valence-corrected chi connectivity index (χ3v) is 4.32. The summed E-state index contributed by atoms with van der Waals surface area (Å²) in [7, 11) is -4.49. The Morgan fingerprint density at radius 2 is 1.48 bits per heavy atom. The molecule has 0 bridgehead atoms. The fourth-order valence-corrected chi connectivity index (χ4v) is 3.00. The molecule has 1 radical (unpaired) electrons. The van der Waals surface area contributed by atoms with E-state index in [-0.39, 0.29) is 56.9 Å². The van der Waals surface area contributed by atoms with Crippen molar-refractivity contribution in [1.29, 1.82) is 0 Å². The zero-order chi connectivity index (χ0) is 17.3. The van der Waals surface area contributed by atoms with E-state index in [1.807, 2.05) is 0 Å². The second-order valence-corrected chi connectivity index (χ2v) is 6.37. The number of fused-ring (bicyclic) bond motifs is 1. The Balaban J connectivity index is 0.00000225. The summed E-state index contributed by atoms with van der Waals surface area (Å²) in [5.74, 6) is -0.574. The van der Waals surface area contributed by atoms with Gasteiger partial charge in [-0.3, -0.25) is 4.55 Å². The van der Waals surface area contributed by atoms with E-state index in [1.165, 1.54) is 24.3 Å². The van der Waals surface area contributed by atoms with E-state index >= 15 is 0 Å². The van der Waals surface area contributed by atoms with Crippen molar-refractivity contribution >= 4 is 67.5 Å². The van der Waals surface area contributed by atoms with E-state index in [2.05, 4.69) is 10.2 Å². The molecule has 0 saturated carbocycles. The third kappa shape index (κ3) is 4.05. The van der Waals surface area contributed by atoms with Gasteiger partial charge in [0.05, 0.1) is 5.69 Å². The Labute approximate surface area is 165 Å². The van der Waals surface area contributed by atoms with Crippen LogP contribution in [0.15, 0.2) is 69.7 Å². The van der Waals surface area contributed by atoms with Gasteiger partial charge in [-0.05, 0) is 18.2 Å². The maximum atomic E-state index is 13.6. The molecule has 0 atom stereocenters. The second kappa shape index (κ2) is 7.59. The van der Waals surface area contributed by atoms with Gasteiger partial charge in [0.1, 0.15) is 16.3 Å². The smallest absolute Gasteiger partial charge is 0.295 e. The maximum Gasteiger partial charge on any atom is 0.295 e. The first kappa shape index (κ1) is 19.5. The zero-order valence-corrected chi connectivity index (χ0v) is 16.0. The summed E-state index contributed by atoms with van der Waals surface area (Å²) >= 11 is 0. The molecule has 123 valence electrons. The fraction of sp³-hybridized carbons (Fsp3) is 0. The van der Waals surface area contributed by atoms with Crippen molar-refractivity contribution in [3.8, 4) is 0 Å². The molecule has 0 aromatic heterocycles. The summed E-state index contributed by atoms with van der Waals surface area (Å²) in [5, 5.41) is 8.27. The van der Waals surface area contributed by atoms with Crippen LogP contribution in [0.4, 0.5) is 21.5 Å². The van der Waals surface area contributed by atoms with E-state index < -0.39 is 15.9 Å². The Kier molecular flexibility index (Phi) is 5.91. The fourth-order valence-electron chi connectivity index (χ4n) is 2.29. The van der Waals surface area contributed by atoms with Crippen molar-refractivity contribution in [3.05, 3.63) is 60.4 Å². The van der Waals surface area contributed by atoms with Gasteiger partial charge in [-0.15, -0.1) is 10.2 Å². The van der Waals surface area contributed by atoms with Crippen LogP contribution in [0.5, 0.6) is 0 Å². The minimum absolute atomic E-state index is 0. The van der Waals surface area contributed by atoms with Gasteiger partial charge in [-0.25, -0.2) is 4.39 Å². The van der Waals surface area contributed by atoms with Crippen LogP contribution in [0.3, 0.4) is 0 Å². The Bertz CT molecular complexity index is 1070. The summed E-state index contributed by atoms with van der Waals surface area (Å²) < 4.78 is 46.3. The molecule has 0 amide bonds. The Hall–Kier alpha value is -1.84. The number of hydrogen-bond acceptors (Lipinski definition) is 5. The first-order valence-corrected chi connectivity index (χ1v) is 8.27. The molecule has 3 N–H and O–H groups in total. The minimum atomic E-state index is -4.49. The number of nitrogens with zero attached hydrogens (tertiary/aromatic N) is 2. The molecule has 3 aromatic carbocycles. The molecule has 3 rings (SSSR count). The van der Waals surface area contributed by atoms with Crippen LogP contribution in [0.25, 0.3) is 10.8 Å². The van der Waals surface area contributed by atoms with Crippen LogP contribution in [0, 0.1) is 5.82 Å². The molecule has 3 aromatic rings. The number of nitrogen functional groups attached to an aromatic ring is 1. The van der Waals surface area contributed by atoms with Crippen LogP contribution in [-0.4, -0.2) is 42.5 Å². The quantitative estimate of drug-likeness (QED) is 0.317. The molecular weight excluding hydrogens is 356 g/mol. The summed E-state index contributed by atoms with van der Waals surface area (Å²) in [6, 6.07) is 13.3. The summed E-state index contributed by atoms with van der Waals surface area (Å²) in [5.41, 5.74) is 6.19. The van der Waals surface area contributed by atoms with Gasteiger partial charge >= 0.3 is 0 Å². The molecule has 0 aliphatic carbocycles. The average Bonchev–Trinajstić information content (AvgIpc) is 2.54. The Morgan fingerprint density at radius 1 is 0.920 bits per heavy atom. The first-order valence-electron chi connectivity index (χ1n) is 6.83. The minimum Gasteiger partial charge on any atom is -0.396 e. The standard InChI is InChI=1S/C16H12FN3O3S.Na/c17-12-7-3-4-8-13(12)19-20-14-9-15(24(21,22)23)10-5-1-2-6-11(10)16(14)18;/h1-9H,18H2,(H,21,22,23);. The number of benzene rings is 3. The second-order valence-electron chi connectivity index (χ2n) is 4.98. The van der Waals surface area contributed by atoms with E-state index in [0.717, 1.165) is 6.07 Å². The monoisotopic (exact) mass is 368 g/mol. The summed E-state index contributed by atoms with van der Waals surface area (Å²) in [6.07, 6.45) is 0. The van der Waals surface area contributed by atoms with Gasteiger partial charge < -0.3 is 5.73 Å². The maximum absolute atomic E-state index is 13.6. The molecule has 0 fully saturated rings. The summed E-state index contributed by atoms with van der Waals surface area (Å²) in [6.45, 7) is 0. The van der Waals surface area contributed by atoms with Gasteiger partial charge in [-0.2, -0.15) is 8.42 Å². The van der Waals surface area contributed by atoms with E-state index in [1.54, 1.807) is 24.3 Å². The number of hydrogen-bond donors (Lipinski definition) is 2. The predicted molar refractivity (Wildman–Crippen MR) is 94.5 cm³/mol. The van der Waals surface area contributed by atoms with E-state index in [9.17, 15) is 17.4 Å². The van der Waals surface area contributed by atoms with Gasteiger partial charge in [0.2, 0.25) is 0 Å². The number of azo groups is 1. The van der Waals surface area contributed by atoms with Crippen molar-refractivity contribution in [2.75, 3.05) is 5.73 Å². The van der Waals surface area contributed by atoms with Crippen LogP contribution in [0.2, 0.25) is 0 Å². The number of nitrogens with two attached hydrogens (primary N) is 1. The third-order valence-electron chi connectivity index (χ3n) is 3.42. The topological polar surface area (TPSA) is 105 Å². The molecule has 0 saturated heterocycles. The van der Waals surface area contributed by atoms with E-state index in [4.69, 9.17) is 5.73 Å². The van der Waals surface area contributed by atoms with Crippen LogP contribution >= 0.6 is 0 Å². The number of halogens is 1. The van der Waals surface area contributed by atoms with Crippen molar-refractivity contribution in [3.63, 3.8) is 0 Å². The molecule has 9 heteroatoms. The van der Waals surface area contributed by atoms with Gasteiger partial charge in [0, 0.05) is 40.3 Å². The summed E-state index contributed by atoms with van der Waals surface area (Å²) in [4.78, 5) is -0.338. The van der Waals surface area contributed by atoms with Crippen LogP contribution in [-0.2, 0) is 10.1 Å². The predicted octanol–water partition coefficient (Wildman–Crippen LogP) is 3.84. The van der Waals surface area contributed by atoms with Crippen molar-refractivity contribution in [2.24, 2.45) is 10.2 Å². The van der Waals surface area contributed by atoms with E-state index in [0.29, 0.717) is 5.39 Å². The van der Waals surface area contributed by atoms with Gasteiger partial charge in [0.25, 0.3) is 10.1 Å². The first-order chi connectivity index (χ1) is 11.4. The molecule has 0 aliphatic heterocycles. The molecular formula is C16H12FN3NaO3S. The number of rotatable bonds is 3. The normalized spacial score (nSPS) is 11.6. The van der Waals surface area contributed by atoms with Gasteiger partial charge in [-0.1, -0.05) is 36.4 Å². The van der Waals surface area contributed by atoms with Gasteiger partial charge in [0.15, 0.2) is 5.82 Å². The zero-order valence-electron chi connectivity index (χ0n) is 13.2. The van der Waals surface area contributed by atoms with Crippen LogP contribution in [0.1, 0.15) is 0 Å². The molecule has 25 heavy (non-hydrogen) atoms. The molecule has 0 unspecified atom stereocenters. The molecule has 0 aliphatic rings. The largest absolute Gasteiger partial charge is 0.396 e. The average molecular weight is 368 g/mol. The van der Waals surface area contributed by atoms with Crippen molar-refractivity contribution in [1.82, 2.24) is 0 Å². The number of anilines is 1. The Morgan fingerprint density at radius 3 is 2.12 bits per heavy atom.